The van der Waals surface area contributed by atoms with Crippen molar-refractivity contribution < 1.29 is 19.8 Å². The number of hydrogen-bond donors (Lipinski definition) is 2. The lowest BCUT2D eigenvalue weighted by atomic mass is 10.0. The van der Waals surface area contributed by atoms with Crippen LogP contribution in [0.4, 0.5) is 0 Å². The lowest BCUT2D eigenvalue weighted by Crippen LogP contribution is -2.04. The summed E-state index contributed by atoms with van der Waals surface area (Å²) < 4.78 is 0. The molecule has 26 heavy (non-hydrogen) atoms. The fourth-order valence-electron chi connectivity index (χ4n) is 3.25. The molecule has 0 aromatic carbocycles. The zero-order chi connectivity index (χ0) is 19.5. The van der Waals surface area contributed by atoms with E-state index in [0.29, 0.717) is 6.42 Å². The summed E-state index contributed by atoms with van der Waals surface area (Å²) in [6.45, 7) is 2.26. The van der Waals surface area contributed by atoms with Crippen LogP contribution in [0.15, 0.2) is 11.6 Å². The molecule has 0 saturated carbocycles. The number of carboxylic acid groups (broad SMARTS) is 2. The Labute approximate surface area is 160 Å². The van der Waals surface area contributed by atoms with E-state index in [1.807, 2.05) is 0 Å². The van der Waals surface area contributed by atoms with Crippen LogP contribution in [0.1, 0.15) is 116 Å². The smallest absolute Gasteiger partial charge is 0.331 e. The molecule has 0 fully saturated rings. The Hall–Kier alpha value is -1.32. The van der Waals surface area contributed by atoms with Gasteiger partial charge in [-0.25, -0.2) is 9.59 Å². The van der Waals surface area contributed by atoms with Crippen LogP contribution in [0.25, 0.3) is 0 Å². The van der Waals surface area contributed by atoms with Crippen LogP contribution in [0.2, 0.25) is 0 Å². The van der Waals surface area contributed by atoms with Gasteiger partial charge in [-0.1, -0.05) is 103 Å². The zero-order valence-electron chi connectivity index (χ0n) is 16.8. The summed E-state index contributed by atoms with van der Waals surface area (Å²) in [5.41, 5.74) is 0.00265. The maximum Gasteiger partial charge on any atom is 0.331 e. The summed E-state index contributed by atoms with van der Waals surface area (Å²) in [6.07, 6.45) is 21.6. The summed E-state index contributed by atoms with van der Waals surface area (Å²) in [7, 11) is 0. The van der Waals surface area contributed by atoms with E-state index in [0.717, 1.165) is 25.3 Å². The fraction of sp³-hybridized carbons (Fsp3) is 0.818. The minimum absolute atomic E-state index is 0.00265. The van der Waals surface area contributed by atoms with Gasteiger partial charge in [-0.3, -0.25) is 0 Å². The van der Waals surface area contributed by atoms with E-state index in [1.165, 1.54) is 83.5 Å². The number of unbranched alkanes of at least 4 members (excludes halogenated alkanes) is 15. The summed E-state index contributed by atoms with van der Waals surface area (Å²) in [5, 5.41) is 17.5. The van der Waals surface area contributed by atoms with Crippen molar-refractivity contribution in [3.63, 3.8) is 0 Å². The van der Waals surface area contributed by atoms with Crippen LogP contribution in [0.5, 0.6) is 0 Å². The predicted molar refractivity (Wildman–Crippen MR) is 108 cm³/mol. The first kappa shape index (κ1) is 24.7. The van der Waals surface area contributed by atoms with E-state index < -0.39 is 11.9 Å². The van der Waals surface area contributed by atoms with Gasteiger partial charge in [0.25, 0.3) is 0 Å². The van der Waals surface area contributed by atoms with Crippen molar-refractivity contribution in [2.24, 2.45) is 0 Å². The molecule has 0 atom stereocenters. The molecule has 0 saturated heterocycles. The summed E-state index contributed by atoms with van der Waals surface area (Å²) in [5.74, 6) is -2.30. The van der Waals surface area contributed by atoms with Gasteiger partial charge in [0.15, 0.2) is 0 Å². The molecule has 0 aromatic heterocycles. The maximum absolute atomic E-state index is 10.9. The van der Waals surface area contributed by atoms with E-state index >= 15 is 0 Å². The second-order valence-corrected chi connectivity index (χ2v) is 7.37. The van der Waals surface area contributed by atoms with Crippen molar-refractivity contribution >= 4 is 11.9 Å². The quantitative estimate of drug-likeness (QED) is 0.196. The monoisotopic (exact) mass is 368 g/mol. The van der Waals surface area contributed by atoms with Crippen molar-refractivity contribution in [3.05, 3.63) is 11.6 Å². The highest BCUT2D eigenvalue weighted by molar-refractivity contribution is 5.94. The van der Waals surface area contributed by atoms with Crippen LogP contribution >= 0.6 is 0 Å². The van der Waals surface area contributed by atoms with Crippen molar-refractivity contribution in [2.45, 2.75) is 116 Å². The number of carboxylic acids is 2. The molecule has 0 amide bonds. The highest BCUT2D eigenvalue weighted by atomic mass is 16.4. The average molecular weight is 369 g/mol. The van der Waals surface area contributed by atoms with Crippen LogP contribution in [0, 0.1) is 0 Å². The van der Waals surface area contributed by atoms with Crippen molar-refractivity contribution in [1.29, 1.82) is 0 Å². The van der Waals surface area contributed by atoms with Gasteiger partial charge in [0, 0.05) is 11.6 Å². The third kappa shape index (κ3) is 17.5. The minimum atomic E-state index is -1.18. The van der Waals surface area contributed by atoms with Gasteiger partial charge in [0.1, 0.15) is 0 Å². The van der Waals surface area contributed by atoms with Gasteiger partial charge in [-0.2, -0.15) is 0 Å². The predicted octanol–water partition coefficient (Wildman–Crippen LogP) is 6.73. The molecule has 0 aliphatic heterocycles. The SMILES string of the molecule is CCCCCCCCCCCCCCCCCC/C(=C\C(=O)O)C(=O)O. The van der Waals surface area contributed by atoms with E-state index in [4.69, 9.17) is 10.2 Å². The van der Waals surface area contributed by atoms with Crippen LogP contribution in [-0.2, 0) is 9.59 Å². The second kappa shape index (κ2) is 18.5. The van der Waals surface area contributed by atoms with Crippen molar-refractivity contribution in [1.82, 2.24) is 0 Å². The molecule has 0 aliphatic rings. The highest BCUT2D eigenvalue weighted by Crippen LogP contribution is 2.15. The topological polar surface area (TPSA) is 74.6 Å². The van der Waals surface area contributed by atoms with Gasteiger partial charge in [-0.05, 0) is 12.8 Å². The molecular weight excluding hydrogens is 328 g/mol. The lowest BCUT2D eigenvalue weighted by Gasteiger charge is -2.04. The first-order valence-corrected chi connectivity index (χ1v) is 10.7. The standard InChI is InChI=1S/C22H40O4/c1-2-3-4-5-6-7-8-9-10-11-12-13-14-15-16-17-18-20(22(25)26)19-21(23)24/h19H,2-18H2,1H3,(H,23,24)(H,25,26)/b20-19+. The van der Waals surface area contributed by atoms with Gasteiger partial charge in [0.2, 0.25) is 0 Å². The molecule has 4 heteroatoms. The third-order valence-electron chi connectivity index (χ3n) is 4.87. The van der Waals surface area contributed by atoms with E-state index in [2.05, 4.69) is 6.92 Å². The molecule has 4 nitrogen and oxygen atoms in total. The molecule has 2 N–H and O–H groups in total. The lowest BCUT2D eigenvalue weighted by molar-refractivity contribution is -0.135. The molecular formula is C22H40O4. The van der Waals surface area contributed by atoms with E-state index in [9.17, 15) is 9.59 Å². The largest absolute Gasteiger partial charge is 0.478 e. The molecule has 0 aliphatic carbocycles. The Morgan fingerprint density at radius 1 is 0.615 bits per heavy atom. The Bertz CT molecular complexity index is 388. The Balaban J connectivity index is 3.31. The molecule has 0 heterocycles. The first-order valence-electron chi connectivity index (χ1n) is 10.7. The van der Waals surface area contributed by atoms with E-state index in [1.54, 1.807) is 0 Å². The Morgan fingerprint density at radius 3 is 1.27 bits per heavy atom. The second-order valence-electron chi connectivity index (χ2n) is 7.37. The van der Waals surface area contributed by atoms with Crippen LogP contribution in [-0.4, -0.2) is 22.2 Å². The molecule has 0 radical (unpaired) electrons. The van der Waals surface area contributed by atoms with Gasteiger partial charge in [0.05, 0.1) is 0 Å². The first-order chi connectivity index (χ1) is 12.6. The maximum atomic E-state index is 10.9. The molecule has 0 rings (SSSR count). The van der Waals surface area contributed by atoms with E-state index in [-0.39, 0.29) is 5.57 Å². The van der Waals surface area contributed by atoms with Crippen molar-refractivity contribution in [2.75, 3.05) is 0 Å². The van der Waals surface area contributed by atoms with Crippen molar-refractivity contribution in [3.8, 4) is 0 Å². The van der Waals surface area contributed by atoms with Gasteiger partial charge in [-0.15, -0.1) is 0 Å². The van der Waals surface area contributed by atoms with Crippen LogP contribution < -0.4 is 0 Å². The van der Waals surface area contributed by atoms with Gasteiger partial charge < -0.3 is 10.2 Å². The summed E-state index contributed by atoms with van der Waals surface area (Å²) >= 11 is 0. The van der Waals surface area contributed by atoms with Crippen LogP contribution in [0.3, 0.4) is 0 Å². The van der Waals surface area contributed by atoms with Gasteiger partial charge >= 0.3 is 11.9 Å². The Morgan fingerprint density at radius 2 is 0.962 bits per heavy atom. The zero-order valence-corrected chi connectivity index (χ0v) is 16.8. The molecule has 0 bridgehead atoms. The molecule has 0 aromatic rings. The number of hydrogen-bond acceptors (Lipinski definition) is 2. The number of rotatable bonds is 19. The minimum Gasteiger partial charge on any atom is -0.478 e. The number of aliphatic carboxylic acids is 2. The summed E-state index contributed by atoms with van der Waals surface area (Å²) in [6, 6.07) is 0. The fourth-order valence-corrected chi connectivity index (χ4v) is 3.25. The Kier molecular flexibility index (Phi) is 17.5. The number of carbonyl (C=O) groups is 2. The summed E-state index contributed by atoms with van der Waals surface area (Å²) in [4.78, 5) is 21.4. The average Bonchev–Trinajstić information content (AvgIpc) is 2.59. The highest BCUT2D eigenvalue weighted by Gasteiger charge is 2.08. The molecule has 0 unspecified atom stereocenters. The molecule has 0 spiro atoms. The molecule has 152 valence electrons. The third-order valence-corrected chi connectivity index (χ3v) is 4.87. The normalized spacial score (nSPS) is 11.7.